The second-order valence-electron chi connectivity index (χ2n) is 10.6. The summed E-state index contributed by atoms with van der Waals surface area (Å²) >= 11 is 0. The quantitative estimate of drug-likeness (QED) is 0.0606. The maximum Gasteiger partial charge on any atom is 0.416 e. The Kier molecular flexibility index (Phi) is 13.2. The molecule has 0 amide bonds. The number of rotatable bonds is 11. The van der Waals surface area contributed by atoms with Gasteiger partial charge >= 0.3 is 18.3 Å². The molecule has 0 aliphatic heterocycles. The van der Waals surface area contributed by atoms with Crippen molar-refractivity contribution < 1.29 is 64.9 Å². The Morgan fingerprint density at radius 1 is 0.745 bits per heavy atom. The van der Waals surface area contributed by atoms with Crippen molar-refractivity contribution in [2.24, 2.45) is 5.92 Å². The number of hydrogen-bond acceptors (Lipinski definition) is 10. The summed E-state index contributed by atoms with van der Waals surface area (Å²) in [4.78, 5) is 79.5. The van der Waals surface area contributed by atoms with Gasteiger partial charge in [-0.15, -0.1) is 0 Å². The summed E-state index contributed by atoms with van der Waals surface area (Å²) in [6, 6.07) is 2.86. The van der Waals surface area contributed by atoms with Gasteiger partial charge in [0.1, 0.15) is 11.4 Å². The molecule has 2 rings (SSSR count). The van der Waals surface area contributed by atoms with Crippen molar-refractivity contribution in [3.8, 4) is 0 Å². The molecule has 0 heterocycles. The number of esters is 1. The number of carbonyl (C=O) groups excluding carboxylic acids is 5. The van der Waals surface area contributed by atoms with Crippen LogP contribution in [0.15, 0.2) is 36.4 Å². The first-order valence-corrected chi connectivity index (χ1v) is 13.4. The molecule has 0 aromatic heterocycles. The van der Waals surface area contributed by atoms with Crippen molar-refractivity contribution in [1.29, 1.82) is 0 Å². The molecule has 1 unspecified atom stereocenters. The van der Waals surface area contributed by atoms with Gasteiger partial charge in [0.25, 0.3) is 11.4 Å². The number of Topliss-reactive ketones (excluding diaryl/α,β-unsaturated/α-hetero) is 4. The predicted molar refractivity (Wildman–Crippen MR) is 149 cm³/mol. The summed E-state index contributed by atoms with van der Waals surface area (Å²) in [5.41, 5.74) is -6.96. The highest BCUT2D eigenvalue weighted by molar-refractivity contribution is 6.23. The van der Waals surface area contributed by atoms with Crippen molar-refractivity contribution in [1.82, 2.24) is 0 Å². The average Bonchev–Trinajstić information content (AvgIpc) is 2.94. The van der Waals surface area contributed by atoms with Crippen LogP contribution >= 0.6 is 0 Å². The second-order valence-corrected chi connectivity index (χ2v) is 10.6. The molecule has 0 aliphatic rings. The molecule has 0 saturated heterocycles. The van der Waals surface area contributed by atoms with E-state index in [0.717, 1.165) is 6.07 Å². The van der Waals surface area contributed by atoms with E-state index in [4.69, 9.17) is 4.74 Å². The minimum absolute atomic E-state index is 0.0696. The fourth-order valence-electron chi connectivity index (χ4n) is 3.67. The Bertz CT molecular complexity index is 1580. The summed E-state index contributed by atoms with van der Waals surface area (Å²) < 4.78 is 80.8. The van der Waals surface area contributed by atoms with Crippen LogP contribution in [0.1, 0.15) is 85.7 Å². The zero-order valence-corrected chi connectivity index (χ0v) is 25.4. The Balaban J connectivity index is 0.000000491. The fraction of sp³-hybridized carbons (Fsp3) is 0.414. The highest BCUT2D eigenvalue weighted by atomic mass is 19.4. The Hall–Kier alpha value is -5.03. The lowest BCUT2D eigenvalue weighted by Crippen LogP contribution is -2.37. The minimum Gasteiger partial charge on any atom is -0.459 e. The van der Waals surface area contributed by atoms with Crippen LogP contribution in [0.4, 0.5) is 37.7 Å². The Labute approximate surface area is 262 Å². The lowest BCUT2D eigenvalue weighted by molar-refractivity contribution is -0.385. The Morgan fingerprint density at radius 3 is 1.53 bits per heavy atom. The standard InChI is InChI=1S/C17H18F3NO6.C12H10F3NO4/c1-5-12(22)13(15(24)27-16(2,3)4)14(23)10-7-6-9(17(18,19)20)8-11(10)21(25)26;1-2-8(17)6-11(18)9-4-3-7(12(13,14)15)5-10(9)16(19)20/h6-8,13H,5H2,1-4H3;3-5H,2,6H2,1H3. The van der Waals surface area contributed by atoms with Crippen molar-refractivity contribution in [2.75, 3.05) is 0 Å². The number of nitrogens with zero attached hydrogens (tertiary/aromatic N) is 2. The van der Waals surface area contributed by atoms with Crippen molar-refractivity contribution in [2.45, 2.75) is 71.8 Å². The molecular weight excluding hydrogens is 650 g/mol. The fourth-order valence-corrected chi connectivity index (χ4v) is 3.67. The lowest BCUT2D eigenvalue weighted by Gasteiger charge is -2.22. The van der Waals surface area contributed by atoms with Gasteiger partial charge in [-0.05, 0) is 45.0 Å². The van der Waals surface area contributed by atoms with Gasteiger partial charge in [0, 0.05) is 25.0 Å². The van der Waals surface area contributed by atoms with E-state index in [1.165, 1.54) is 34.6 Å². The number of nitro benzene ring substituents is 2. The number of halogens is 6. The second kappa shape index (κ2) is 15.5. The van der Waals surface area contributed by atoms with Crippen LogP contribution < -0.4 is 0 Å². The molecule has 2 aromatic carbocycles. The molecule has 0 fully saturated rings. The molecular formula is C29H28F6N2O10. The topological polar surface area (TPSA) is 181 Å². The monoisotopic (exact) mass is 678 g/mol. The van der Waals surface area contributed by atoms with E-state index in [0.29, 0.717) is 24.3 Å². The minimum atomic E-state index is -4.86. The maximum absolute atomic E-state index is 12.8. The van der Waals surface area contributed by atoms with E-state index in [9.17, 15) is 70.5 Å². The van der Waals surface area contributed by atoms with E-state index in [1.54, 1.807) is 0 Å². The highest BCUT2D eigenvalue weighted by Gasteiger charge is 2.41. The molecule has 18 heteroatoms. The number of hydrogen-bond donors (Lipinski definition) is 0. The van der Waals surface area contributed by atoms with Crippen LogP contribution in [0.3, 0.4) is 0 Å². The first-order valence-electron chi connectivity index (χ1n) is 13.4. The summed E-state index contributed by atoms with van der Waals surface area (Å²) in [5.74, 6) is -6.65. The normalized spacial score (nSPS) is 12.2. The number of alkyl halides is 6. The molecule has 0 radical (unpaired) electrons. The number of benzene rings is 2. The van der Waals surface area contributed by atoms with Gasteiger partial charge in [-0.1, -0.05) is 13.8 Å². The van der Waals surface area contributed by atoms with Gasteiger partial charge in [-0.3, -0.25) is 44.2 Å². The first-order chi connectivity index (χ1) is 21.3. The molecule has 2 aromatic rings. The number of carbonyl (C=O) groups is 5. The smallest absolute Gasteiger partial charge is 0.416 e. The highest BCUT2D eigenvalue weighted by Crippen LogP contribution is 2.35. The number of ketones is 4. The molecule has 0 bridgehead atoms. The number of ether oxygens (including phenoxy) is 1. The molecule has 1 atom stereocenters. The van der Waals surface area contributed by atoms with Crippen LogP contribution in [0.25, 0.3) is 0 Å². The SMILES string of the molecule is CCC(=O)C(C(=O)OC(C)(C)C)C(=O)c1ccc(C(F)(F)F)cc1[N+](=O)[O-].CCC(=O)CC(=O)c1ccc(C(F)(F)F)cc1[N+](=O)[O-]. The van der Waals surface area contributed by atoms with Crippen molar-refractivity contribution >= 4 is 40.5 Å². The van der Waals surface area contributed by atoms with Crippen LogP contribution in [-0.2, 0) is 31.5 Å². The summed E-state index contributed by atoms with van der Waals surface area (Å²) in [6.07, 6.45) is -10.4. The van der Waals surface area contributed by atoms with Gasteiger partial charge in [0.15, 0.2) is 23.3 Å². The molecule has 0 aliphatic carbocycles. The van der Waals surface area contributed by atoms with E-state index >= 15 is 0 Å². The lowest BCUT2D eigenvalue weighted by atomic mass is 9.90. The molecule has 0 N–H and O–H groups in total. The number of nitro groups is 2. The van der Waals surface area contributed by atoms with Crippen LogP contribution in [0.2, 0.25) is 0 Å². The zero-order chi connectivity index (χ0) is 36.7. The van der Waals surface area contributed by atoms with E-state index in [2.05, 4.69) is 0 Å². The molecule has 256 valence electrons. The van der Waals surface area contributed by atoms with Gasteiger partial charge in [-0.25, -0.2) is 0 Å². The first kappa shape index (κ1) is 40.0. The average molecular weight is 679 g/mol. The van der Waals surface area contributed by atoms with Gasteiger partial charge in [0.2, 0.25) is 0 Å². The zero-order valence-electron chi connectivity index (χ0n) is 25.4. The van der Waals surface area contributed by atoms with Gasteiger partial charge in [0.05, 0.1) is 38.5 Å². The Morgan fingerprint density at radius 2 is 1.17 bits per heavy atom. The molecule has 47 heavy (non-hydrogen) atoms. The van der Waals surface area contributed by atoms with E-state index in [-0.39, 0.29) is 18.9 Å². The third kappa shape index (κ3) is 11.4. The van der Waals surface area contributed by atoms with Crippen LogP contribution in [-0.4, -0.2) is 44.5 Å². The van der Waals surface area contributed by atoms with Crippen LogP contribution in [0, 0.1) is 26.1 Å². The van der Waals surface area contributed by atoms with Gasteiger partial charge in [-0.2, -0.15) is 26.3 Å². The third-order valence-corrected chi connectivity index (χ3v) is 5.94. The van der Waals surface area contributed by atoms with Gasteiger partial charge < -0.3 is 4.74 Å². The summed E-state index contributed by atoms with van der Waals surface area (Å²) in [7, 11) is 0. The van der Waals surface area contributed by atoms with E-state index in [1.807, 2.05) is 0 Å². The largest absolute Gasteiger partial charge is 0.459 e. The summed E-state index contributed by atoms with van der Waals surface area (Å²) in [6.45, 7) is 7.35. The molecule has 0 saturated carbocycles. The molecule has 0 spiro atoms. The van der Waals surface area contributed by atoms with E-state index < -0.39 is 103 Å². The predicted octanol–water partition coefficient (Wildman–Crippen LogP) is 6.90. The maximum atomic E-state index is 12.8. The van der Waals surface area contributed by atoms with Crippen molar-refractivity contribution in [3.05, 3.63) is 78.9 Å². The third-order valence-electron chi connectivity index (χ3n) is 5.94. The molecule has 12 nitrogen and oxygen atoms in total. The van der Waals surface area contributed by atoms with Crippen molar-refractivity contribution in [3.63, 3.8) is 0 Å². The summed E-state index contributed by atoms with van der Waals surface area (Å²) in [5, 5.41) is 21.9. The van der Waals surface area contributed by atoms with Crippen LogP contribution in [0.5, 0.6) is 0 Å².